The van der Waals surface area contributed by atoms with Crippen LogP contribution in [-0.4, -0.2) is 6.04 Å². The molecular formula is C16H23N. The maximum Gasteiger partial charge on any atom is 0.0325 e. The van der Waals surface area contributed by atoms with Gasteiger partial charge in [-0.3, -0.25) is 0 Å². The van der Waals surface area contributed by atoms with Crippen molar-refractivity contribution in [3.05, 3.63) is 35.9 Å². The van der Waals surface area contributed by atoms with Crippen molar-refractivity contribution in [3.8, 4) is 0 Å². The van der Waals surface area contributed by atoms with Gasteiger partial charge in [0.2, 0.25) is 0 Å². The SMILES string of the molecule is CC1N[C@@H](c2ccccc2)CC2CCCCC21. The van der Waals surface area contributed by atoms with Crippen molar-refractivity contribution in [2.24, 2.45) is 11.8 Å². The topological polar surface area (TPSA) is 12.0 Å². The van der Waals surface area contributed by atoms with Gasteiger partial charge in [-0.05, 0) is 37.2 Å². The van der Waals surface area contributed by atoms with E-state index in [9.17, 15) is 0 Å². The van der Waals surface area contributed by atoms with Gasteiger partial charge in [0.05, 0.1) is 0 Å². The van der Waals surface area contributed by atoms with Crippen molar-refractivity contribution < 1.29 is 0 Å². The van der Waals surface area contributed by atoms with E-state index >= 15 is 0 Å². The molecule has 17 heavy (non-hydrogen) atoms. The lowest BCUT2D eigenvalue weighted by molar-refractivity contribution is 0.112. The summed E-state index contributed by atoms with van der Waals surface area (Å²) in [5.41, 5.74) is 1.48. The lowest BCUT2D eigenvalue weighted by atomic mass is 9.69. The number of rotatable bonds is 1. The first kappa shape index (κ1) is 11.3. The Morgan fingerprint density at radius 3 is 2.65 bits per heavy atom. The summed E-state index contributed by atoms with van der Waals surface area (Å²) in [6, 6.07) is 12.3. The minimum absolute atomic E-state index is 0.588. The van der Waals surface area contributed by atoms with Crippen LogP contribution in [0.15, 0.2) is 30.3 Å². The largest absolute Gasteiger partial charge is 0.307 e. The highest BCUT2D eigenvalue weighted by Crippen LogP contribution is 2.41. The minimum Gasteiger partial charge on any atom is -0.307 e. The Kier molecular flexibility index (Phi) is 3.19. The normalized spacial score (nSPS) is 37.5. The number of hydrogen-bond donors (Lipinski definition) is 1. The molecule has 0 amide bonds. The smallest absolute Gasteiger partial charge is 0.0325 e. The molecule has 1 saturated carbocycles. The number of piperidine rings is 1. The fraction of sp³-hybridized carbons (Fsp3) is 0.625. The second-order valence-electron chi connectivity index (χ2n) is 5.86. The van der Waals surface area contributed by atoms with Crippen LogP contribution in [0.3, 0.4) is 0 Å². The third-order valence-electron chi connectivity index (χ3n) is 4.81. The molecule has 0 aromatic heterocycles. The fourth-order valence-electron chi connectivity index (χ4n) is 3.92. The molecule has 2 aliphatic rings. The van der Waals surface area contributed by atoms with Gasteiger partial charge in [0.1, 0.15) is 0 Å². The van der Waals surface area contributed by atoms with Crippen LogP contribution in [-0.2, 0) is 0 Å². The average molecular weight is 229 g/mol. The Hall–Kier alpha value is -0.820. The molecule has 1 aliphatic heterocycles. The van der Waals surface area contributed by atoms with E-state index in [1.54, 1.807) is 0 Å². The number of benzene rings is 1. The Morgan fingerprint density at radius 2 is 1.82 bits per heavy atom. The molecule has 1 aliphatic carbocycles. The van der Waals surface area contributed by atoms with Crippen LogP contribution in [0.25, 0.3) is 0 Å². The van der Waals surface area contributed by atoms with E-state index in [1.165, 1.54) is 37.7 Å². The molecule has 1 aromatic rings. The summed E-state index contributed by atoms with van der Waals surface area (Å²) in [4.78, 5) is 0. The quantitative estimate of drug-likeness (QED) is 0.769. The van der Waals surface area contributed by atoms with Crippen LogP contribution >= 0.6 is 0 Å². The third-order valence-corrected chi connectivity index (χ3v) is 4.81. The fourth-order valence-corrected chi connectivity index (χ4v) is 3.92. The Balaban J connectivity index is 1.77. The van der Waals surface area contributed by atoms with Crippen molar-refractivity contribution in [2.75, 3.05) is 0 Å². The summed E-state index contributed by atoms with van der Waals surface area (Å²) < 4.78 is 0. The van der Waals surface area contributed by atoms with Crippen LogP contribution in [0.4, 0.5) is 0 Å². The van der Waals surface area contributed by atoms with E-state index in [2.05, 4.69) is 42.6 Å². The highest BCUT2D eigenvalue weighted by atomic mass is 15.0. The van der Waals surface area contributed by atoms with E-state index < -0.39 is 0 Å². The lowest BCUT2D eigenvalue weighted by Crippen LogP contribution is -2.47. The first-order valence-corrected chi connectivity index (χ1v) is 7.15. The van der Waals surface area contributed by atoms with Gasteiger partial charge in [-0.1, -0.05) is 49.6 Å². The van der Waals surface area contributed by atoms with E-state index in [4.69, 9.17) is 0 Å². The van der Waals surface area contributed by atoms with Crippen LogP contribution in [0.2, 0.25) is 0 Å². The van der Waals surface area contributed by atoms with Crippen molar-refractivity contribution in [3.63, 3.8) is 0 Å². The first-order chi connectivity index (χ1) is 8.34. The lowest BCUT2D eigenvalue weighted by Gasteiger charge is -2.44. The Bertz CT molecular complexity index is 359. The molecule has 0 bridgehead atoms. The predicted octanol–water partition coefficient (Wildman–Crippen LogP) is 3.92. The molecule has 1 N–H and O–H groups in total. The minimum atomic E-state index is 0.588. The van der Waals surface area contributed by atoms with Crippen LogP contribution in [0.1, 0.15) is 50.6 Å². The molecule has 2 fully saturated rings. The molecule has 1 aromatic carbocycles. The van der Waals surface area contributed by atoms with Gasteiger partial charge in [0.15, 0.2) is 0 Å². The average Bonchev–Trinajstić information content (AvgIpc) is 2.40. The molecular weight excluding hydrogens is 206 g/mol. The van der Waals surface area contributed by atoms with Crippen molar-refractivity contribution in [1.82, 2.24) is 5.32 Å². The zero-order valence-corrected chi connectivity index (χ0v) is 10.7. The summed E-state index contributed by atoms with van der Waals surface area (Å²) in [6.45, 7) is 2.39. The molecule has 1 saturated heterocycles. The molecule has 1 heterocycles. The van der Waals surface area contributed by atoms with Gasteiger partial charge in [0, 0.05) is 12.1 Å². The zero-order chi connectivity index (χ0) is 11.7. The highest BCUT2D eigenvalue weighted by Gasteiger charge is 2.36. The Labute approximate surface area is 105 Å². The summed E-state index contributed by atoms with van der Waals surface area (Å²) in [5.74, 6) is 1.90. The standard InChI is InChI=1S/C16H23N/c1-12-15-10-6-5-9-14(15)11-16(17-12)13-7-3-2-4-8-13/h2-4,7-8,12,14-17H,5-6,9-11H2,1H3/t12?,14?,15?,16-/m1/s1. The second-order valence-corrected chi connectivity index (χ2v) is 5.86. The van der Waals surface area contributed by atoms with E-state index in [0.29, 0.717) is 12.1 Å². The Morgan fingerprint density at radius 1 is 1.06 bits per heavy atom. The third kappa shape index (κ3) is 2.26. The van der Waals surface area contributed by atoms with Crippen molar-refractivity contribution in [1.29, 1.82) is 0 Å². The molecule has 1 heteroatoms. The van der Waals surface area contributed by atoms with E-state index in [0.717, 1.165) is 11.8 Å². The molecule has 0 radical (unpaired) electrons. The summed E-state index contributed by atoms with van der Waals surface area (Å²) in [5, 5.41) is 3.83. The molecule has 0 spiro atoms. The van der Waals surface area contributed by atoms with E-state index in [1.807, 2.05) is 0 Å². The number of fused-ring (bicyclic) bond motifs is 1. The van der Waals surface area contributed by atoms with Gasteiger partial charge in [0.25, 0.3) is 0 Å². The predicted molar refractivity (Wildman–Crippen MR) is 71.8 cm³/mol. The molecule has 3 unspecified atom stereocenters. The first-order valence-electron chi connectivity index (χ1n) is 7.15. The van der Waals surface area contributed by atoms with Gasteiger partial charge < -0.3 is 5.32 Å². The van der Waals surface area contributed by atoms with Crippen LogP contribution < -0.4 is 5.32 Å². The highest BCUT2D eigenvalue weighted by molar-refractivity contribution is 5.20. The van der Waals surface area contributed by atoms with Gasteiger partial charge in [-0.25, -0.2) is 0 Å². The van der Waals surface area contributed by atoms with Crippen LogP contribution in [0, 0.1) is 11.8 Å². The van der Waals surface area contributed by atoms with E-state index in [-0.39, 0.29) is 0 Å². The van der Waals surface area contributed by atoms with Gasteiger partial charge in [-0.2, -0.15) is 0 Å². The van der Waals surface area contributed by atoms with Crippen molar-refractivity contribution >= 4 is 0 Å². The maximum atomic E-state index is 3.83. The molecule has 1 nitrogen and oxygen atoms in total. The molecule has 92 valence electrons. The van der Waals surface area contributed by atoms with Gasteiger partial charge >= 0.3 is 0 Å². The number of hydrogen-bond acceptors (Lipinski definition) is 1. The monoisotopic (exact) mass is 229 g/mol. The molecule has 4 atom stereocenters. The second kappa shape index (κ2) is 4.81. The zero-order valence-electron chi connectivity index (χ0n) is 10.7. The van der Waals surface area contributed by atoms with Crippen LogP contribution in [0.5, 0.6) is 0 Å². The van der Waals surface area contributed by atoms with Gasteiger partial charge in [-0.15, -0.1) is 0 Å². The van der Waals surface area contributed by atoms with Crippen molar-refractivity contribution in [2.45, 2.75) is 51.1 Å². The molecule has 3 rings (SSSR count). The maximum absolute atomic E-state index is 3.83. The summed E-state index contributed by atoms with van der Waals surface area (Å²) in [6.07, 6.45) is 7.15. The summed E-state index contributed by atoms with van der Waals surface area (Å²) in [7, 11) is 0. The number of nitrogens with one attached hydrogen (secondary N) is 1. The summed E-state index contributed by atoms with van der Waals surface area (Å²) >= 11 is 0.